The number of nitrogens with one attached hydrogen (secondary N) is 1. The van der Waals surface area contributed by atoms with Crippen molar-refractivity contribution in [2.45, 2.75) is 103 Å². The first kappa shape index (κ1) is 27.2. The molecule has 194 valence electrons. The van der Waals surface area contributed by atoms with E-state index in [-0.39, 0.29) is 11.9 Å². The second-order valence-corrected chi connectivity index (χ2v) is 10.2. The summed E-state index contributed by atoms with van der Waals surface area (Å²) in [6.45, 7) is 9.49. The molecule has 2 unspecified atom stereocenters. The van der Waals surface area contributed by atoms with Gasteiger partial charge in [0, 0.05) is 37.2 Å². The van der Waals surface area contributed by atoms with E-state index < -0.39 is 5.76 Å². The molecule has 1 aromatic heterocycles. The number of rotatable bonds is 14. The molecule has 0 saturated carbocycles. The van der Waals surface area contributed by atoms with E-state index in [9.17, 15) is 9.59 Å². The average Bonchev–Trinajstić information content (AvgIpc) is 3.26. The number of nitrogens with zero attached hydrogens (tertiary/aromatic N) is 3. The lowest BCUT2D eigenvalue weighted by atomic mass is 10.0. The highest BCUT2D eigenvalue weighted by Gasteiger charge is 2.32. The lowest BCUT2D eigenvalue weighted by Crippen LogP contribution is -2.58. The Labute approximate surface area is 210 Å². The minimum Gasteiger partial charge on any atom is -0.333 e. The molecule has 0 radical (unpaired) electrons. The third kappa shape index (κ3) is 8.64. The number of benzene rings is 1. The van der Waals surface area contributed by atoms with Gasteiger partial charge in [0.25, 0.3) is 5.91 Å². The summed E-state index contributed by atoms with van der Waals surface area (Å²) in [6.07, 6.45) is 14.0. The molecule has 7 heteroatoms. The molecule has 0 aliphatic carbocycles. The van der Waals surface area contributed by atoms with E-state index in [0.717, 1.165) is 25.2 Å². The van der Waals surface area contributed by atoms with Crippen LogP contribution in [0, 0.1) is 0 Å². The van der Waals surface area contributed by atoms with Crippen LogP contribution in [0.25, 0.3) is 0 Å². The zero-order chi connectivity index (χ0) is 25.0. The second-order valence-electron chi connectivity index (χ2n) is 10.2. The van der Waals surface area contributed by atoms with Crippen LogP contribution in [-0.4, -0.2) is 57.6 Å². The van der Waals surface area contributed by atoms with Crippen LogP contribution in [-0.2, 0) is 6.42 Å². The second kappa shape index (κ2) is 14.2. The molecule has 0 bridgehead atoms. The highest BCUT2D eigenvalue weighted by molar-refractivity contribution is 5.94. The van der Waals surface area contributed by atoms with E-state index in [1.165, 1.54) is 64.2 Å². The Morgan fingerprint density at radius 2 is 1.57 bits per heavy atom. The molecule has 1 aliphatic heterocycles. The lowest BCUT2D eigenvalue weighted by molar-refractivity contribution is 0.0312. The van der Waals surface area contributed by atoms with Crippen LogP contribution in [0.2, 0.25) is 0 Å². The number of aromatic nitrogens is 2. The molecular formula is C28H44N4O3. The van der Waals surface area contributed by atoms with Crippen molar-refractivity contribution in [3.8, 4) is 0 Å². The number of aromatic amines is 1. The topological polar surface area (TPSA) is 82.4 Å². The molecule has 7 nitrogen and oxygen atoms in total. The Bertz CT molecular complexity index is 936. The Balaban J connectivity index is 1.38. The van der Waals surface area contributed by atoms with Crippen molar-refractivity contribution in [3.63, 3.8) is 0 Å². The molecule has 1 aliphatic rings. The van der Waals surface area contributed by atoms with E-state index >= 15 is 0 Å². The Morgan fingerprint density at radius 3 is 2.17 bits per heavy atom. The predicted molar refractivity (Wildman–Crippen MR) is 140 cm³/mol. The summed E-state index contributed by atoms with van der Waals surface area (Å²) in [4.78, 5) is 31.4. The fourth-order valence-corrected chi connectivity index (χ4v) is 5.06. The first-order chi connectivity index (χ1) is 17.0. The minimum atomic E-state index is -0.554. The normalized spacial score (nSPS) is 18.8. The molecule has 3 rings (SSSR count). The Kier molecular flexibility index (Phi) is 11.0. The van der Waals surface area contributed by atoms with Crippen LogP contribution in [0.3, 0.4) is 0 Å². The lowest BCUT2D eigenvalue weighted by Gasteiger charge is -2.44. The summed E-state index contributed by atoms with van der Waals surface area (Å²) in [5, 5.41) is 3.70. The van der Waals surface area contributed by atoms with E-state index in [0.29, 0.717) is 23.9 Å². The zero-order valence-electron chi connectivity index (χ0n) is 21.9. The van der Waals surface area contributed by atoms with Crippen molar-refractivity contribution in [1.29, 1.82) is 0 Å². The molecule has 1 saturated heterocycles. The maximum atomic E-state index is 13.2. The van der Waals surface area contributed by atoms with Crippen molar-refractivity contribution in [3.05, 3.63) is 51.8 Å². The Morgan fingerprint density at radius 1 is 0.943 bits per heavy atom. The van der Waals surface area contributed by atoms with Gasteiger partial charge in [0.2, 0.25) is 0 Å². The summed E-state index contributed by atoms with van der Waals surface area (Å²) in [6, 6.07) is 8.12. The van der Waals surface area contributed by atoms with Crippen molar-refractivity contribution < 1.29 is 9.32 Å². The third-order valence-electron chi connectivity index (χ3n) is 7.23. The van der Waals surface area contributed by atoms with Crippen molar-refractivity contribution in [2.24, 2.45) is 0 Å². The molecular weight excluding hydrogens is 440 g/mol. The first-order valence-corrected chi connectivity index (χ1v) is 13.7. The zero-order valence-corrected chi connectivity index (χ0v) is 21.9. The largest absolute Gasteiger partial charge is 0.438 e. The number of carbonyl (C=O) groups excluding carboxylic acids is 1. The summed E-state index contributed by atoms with van der Waals surface area (Å²) in [5.74, 6) is 0.0154. The van der Waals surface area contributed by atoms with Gasteiger partial charge in [-0.3, -0.25) is 19.2 Å². The first-order valence-electron chi connectivity index (χ1n) is 13.7. The molecule has 2 heterocycles. The van der Waals surface area contributed by atoms with Gasteiger partial charge in [0.05, 0.1) is 0 Å². The summed E-state index contributed by atoms with van der Waals surface area (Å²) in [7, 11) is 0. The van der Waals surface area contributed by atoms with E-state index in [1.807, 2.05) is 29.2 Å². The maximum Gasteiger partial charge on any atom is 0.438 e. The molecule has 35 heavy (non-hydrogen) atoms. The molecule has 2 atom stereocenters. The van der Waals surface area contributed by atoms with Gasteiger partial charge in [0.1, 0.15) is 0 Å². The average molecular weight is 485 g/mol. The van der Waals surface area contributed by atoms with Gasteiger partial charge in [-0.2, -0.15) is 0 Å². The number of H-pyrrole nitrogens is 1. The van der Waals surface area contributed by atoms with Gasteiger partial charge < -0.3 is 4.90 Å². The Hall–Kier alpha value is -2.41. The van der Waals surface area contributed by atoms with E-state index in [4.69, 9.17) is 0 Å². The van der Waals surface area contributed by atoms with Crippen LogP contribution >= 0.6 is 0 Å². The standard InChI is InChI=1S/C28H44N4O3/c1-4-5-6-7-8-9-10-11-12-13-18-31-20-23(3)32(21-22(31)2)27(33)25-16-14-24(15-17-25)19-26-29-28(34)35-30-26/h14-17,22-23H,4-13,18-21H2,1-3H3,(H,29,30,34). The number of hydrogen-bond donors (Lipinski definition) is 1. The maximum absolute atomic E-state index is 13.2. The summed E-state index contributed by atoms with van der Waals surface area (Å²) < 4.78 is 4.54. The van der Waals surface area contributed by atoms with Crippen LogP contribution in [0.1, 0.15) is 107 Å². The van der Waals surface area contributed by atoms with Crippen molar-refractivity contribution >= 4 is 5.91 Å². The summed E-state index contributed by atoms with van der Waals surface area (Å²) >= 11 is 0. The van der Waals surface area contributed by atoms with Crippen LogP contribution < -0.4 is 5.76 Å². The van der Waals surface area contributed by atoms with E-state index in [2.05, 4.69) is 40.3 Å². The predicted octanol–water partition coefficient (Wildman–Crippen LogP) is 5.41. The highest BCUT2D eigenvalue weighted by atomic mass is 16.5. The highest BCUT2D eigenvalue weighted by Crippen LogP contribution is 2.20. The summed E-state index contributed by atoms with van der Waals surface area (Å²) in [5.41, 5.74) is 1.67. The molecule has 2 aromatic rings. The van der Waals surface area contributed by atoms with Crippen LogP contribution in [0.5, 0.6) is 0 Å². The van der Waals surface area contributed by atoms with Crippen LogP contribution in [0.4, 0.5) is 0 Å². The number of carbonyl (C=O) groups is 1. The quantitative estimate of drug-likeness (QED) is 0.363. The fraction of sp³-hybridized carbons (Fsp3) is 0.679. The molecule has 1 fully saturated rings. The van der Waals surface area contributed by atoms with Gasteiger partial charge in [-0.05, 0) is 44.5 Å². The van der Waals surface area contributed by atoms with E-state index in [1.54, 1.807) is 0 Å². The fourth-order valence-electron chi connectivity index (χ4n) is 5.06. The van der Waals surface area contributed by atoms with Gasteiger partial charge in [-0.15, -0.1) is 0 Å². The third-order valence-corrected chi connectivity index (χ3v) is 7.23. The van der Waals surface area contributed by atoms with Crippen molar-refractivity contribution in [2.75, 3.05) is 19.6 Å². The molecule has 1 N–H and O–H groups in total. The van der Waals surface area contributed by atoms with Gasteiger partial charge in [0.15, 0.2) is 5.82 Å². The van der Waals surface area contributed by atoms with Gasteiger partial charge in [-0.1, -0.05) is 82.0 Å². The van der Waals surface area contributed by atoms with Crippen molar-refractivity contribution in [1.82, 2.24) is 19.9 Å². The molecule has 1 amide bonds. The van der Waals surface area contributed by atoms with Crippen LogP contribution in [0.15, 0.2) is 33.6 Å². The molecule has 1 aromatic carbocycles. The number of hydrogen-bond acceptors (Lipinski definition) is 5. The number of piperazine rings is 1. The monoisotopic (exact) mass is 484 g/mol. The smallest absolute Gasteiger partial charge is 0.333 e. The SMILES string of the molecule is CCCCCCCCCCCCN1CC(C)N(C(=O)c2ccc(Cc3noc(=O)[nH]3)cc2)CC1C. The number of amides is 1. The van der Waals surface area contributed by atoms with Gasteiger partial charge in [-0.25, -0.2) is 4.79 Å². The minimum absolute atomic E-state index is 0.0873. The van der Waals surface area contributed by atoms with Gasteiger partial charge >= 0.3 is 5.76 Å². The molecule has 0 spiro atoms. The number of unbranched alkanes of at least 4 members (excludes halogenated alkanes) is 9.